The van der Waals surface area contributed by atoms with Crippen LogP contribution in [0.25, 0.3) is 11.2 Å². The molecule has 1 saturated heterocycles. The molecule has 0 spiro atoms. The Bertz CT molecular complexity index is 794. The molecule has 0 saturated carbocycles. The number of aliphatic hydroxyl groups is 2. The lowest BCUT2D eigenvalue weighted by atomic mass is 10.0. The van der Waals surface area contributed by atoms with Crippen molar-refractivity contribution in [1.29, 1.82) is 0 Å². The van der Waals surface area contributed by atoms with Gasteiger partial charge in [-0.25, -0.2) is 9.97 Å². The van der Waals surface area contributed by atoms with Crippen LogP contribution in [-0.2, 0) is 9.53 Å². The molecule has 3 rings (SSSR count). The Morgan fingerprint density at radius 1 is 1.46 bits per heavy atom. The van der Waals surface area contributed by atoms with Gasteiger partial charge in [-0.2, -0.15) is 0 Å². The van der Waals surface area contributed by atoms with Gasteiger partial charge in [0.2, 0.25) is 5.91 Å². The van der Waals surface area contributed by atoms with Crippen molar-refractivity contribution in [2.24, 2.45) is 11.7 Å². The minimum atomic E-state index is -1.13. The van der Waals surface area contributed by atoms with E-state index in [9.17, 15) is 15.0 Å². The maximum atomic E-state index is 12.3. The van der Waals surface area contributed by atoms with Gasteiger partial charge in [-0.3, -0.25) is 9.36 Å². The Kier molecular flexibility index (Phi) is 5.10. The van der Waals surface area contributed by atoms with E-state index in [0.717, 1.165) is 0 Å². The highest BCUT2D eigenvalue weighted by Gasteiger charge is 2.46. The van der Waals surface area contributed by atoms with Gasteiger partial charge in [0.15, 0.2) is 11.9 Å². The number of nitrogens with zero attached hydrogens (tertiary/aromatic N) is 3. The predicted molar refractivity (Wildman–Crippen MR) is 93.7 cm³/mol. The Hall–Kier alpha value is -2.27. The van der Waals surface area contributed by atoms with Gasteiger partial charge in [0.1, 0.15) is 17.7 Å². The third kappa shape index (κ3) is 3.12. The first kappa shape index (κ1) is 18.5. The normalized spacial score (nSPS) is 27.2. The first-order valence-corrected chi connectivity index (χ1v) is 8.42. The number of nitrogen functional groups attached to an aromatic ring is 1. The zero-order valence-electron chi connectivity index (χ0n) is 14.6. The molecule has 1 aliphatic rings. The van der Waals surface area contributed by atoms with Crippen molar-refractivity contribution in [3.05, 3.63) is 18.6 Å². The van der Waals surface area contributed by atoms with Gasteiger partial charge in [-0.05, 0) is 12.0 Å². The highest BCUT2D eigenvalue weighted by Crippen LogP contribution is 2.32. The number of nitrogens with one attached hydrogen (secondary N) is 1. The zero-order valence-corrected chi connectivity index (χ0v) is 14.6. The highest BCUT2D eigenvalue weighted by atomic mass is 16.5. The van der Waals surface area contributed by atoms with Crippen LogP contribution in [0.2, 0.25) is 0 Å². The fourth-order valence-electron chi connectivity index (χ4n) is 3.01. The van der Waals surface area contributed by atoms with E-state index in [0.29, 0.717) is 16.9 Å². The molecule has 2 aromatic heterocycles. The number of fused-ring (bicyclic) bond motifs is 1. The number of carbonyl (C=O) groups is 1. The van der Waals surface area contributed by atoms with Crippen LogP contribution < -0.4 is 16.8 Å². The maximum absolute atomic E-state index is 12.3. The molecule has 0 bridgehead atoms. The fraction of sp³-hybridized carbons (Fsp3) is 0.562. The molecular formula is C16H24N6O4. The second-order valence-electron chi connectivity index (χ2n) is 6.77. The average molecular weight is 364 g/mol. The number of ether oxygens (including phenoxy) is 1. The Morgan fingerprint density at radius 3 is 2.85 bits per heavy atom. The van der Waals surface area contributed by atoms with Gasteiger partial charge < -0.3 is 31.7 Å². The second-order valence-corrected chi connectivity index (χ2v) is 6.77. The molecule has 3 heterocycles. The van der Waals surface area contributed by atoms with Gasteiger partial charge in [-0.1, -0.05) is 13.8 Å². The topological polar surface area (TPSA) is 162 Å². The molecule has 0 aromatic carbocycles. The van der Waals surface area contributed by atoms with Gasteiger partial charge in [0.05, 0.1) is 30.7 Å². The third-order valence-corrected chi connectivity index (χ3v) is 4.65. The van der Waals surface area contributed by atoms with Crippen LogP contribution in [0.1, 0.15) is 20.1 Å². The molecule has 2 aromatic rings. The zero-order chi connectivity index (χ0) is 19.0. The number of carbonyl (C=O) groups excluding carboxylic acids is 1. The first-order chi connectivity index (χ1) is 12.3. The summed E-state index contributed by atoms with van der Waals surface area (Å²) in [5.41, 5.74) is 13.1. The fourth-order valence-corrected chi connectivity index (χ4v) is 3.01. The van der Waals surface area contributed by atoms with Crippen molar-refractivity contribution in [3.63, 3.8) is 0 Å². The number of nitrogens with two attached hydrogens (primary N) is 2. The number of imidazole rings is 1. The van der Waals surface area contributed by atoms with Crippen LogP contribution in [0.5, 0.6) is 0 Å². The minimum absolute atomic E-state index is 0.0670. The number of rotatable bonds is 5. The average Bonchev–Trinajstić information content (AvgIpc) is 3.17. The molecular weight excluding hydrogens is 340 g/mol. The standard InChI is InChI=1S/C16H24N6O4/c1-7(2)10(18)15(25)21-12-9(5-23)26-16(13(12)24)22-6-20-11-8(17)3-4-19-14(11)22/h3-4,6-7,9-10,12-13,16,23-24H,5,18H2,1-2H3,(H2,17,19)(H,21,25)/t9-,10?,12+,13?,16-/m1/s1. The van der Waals surface area contributed by atoms with Crippen molar-refractivity contribution in [2.45, 2.75) is 44.4 Å². The van der Waals surface area contributed by atoms with Crippen LogP contribution in [0.15, 0.2) is 18.6 Å². The monoisotopic (exact) mass is 364 g/mol. The summed E-state index contributed by atoms with van der Waals surface area (Å²) in [5, 5.41) is 23.0. The van der Waals surface area contributed by atoms with E-state index >= 15 is 0 Å². The molecule has 1 aliphatic heterocycles. The molecule has 0 radical (unpaired) electrons. The summed E-state index contributed by atoms with van der Waals surface area (Å²) in [7, 11) is 0. The number of hydrogen-bond acceptors (Lipinski definition) is 8. The number of aliphatic hydroxyl groups excluding tert-OH is 2. The molecule has 26 heavy (non-hydrogen) atoms. The van der Waals surface area contributed by atoms with E-state index in [2.05, 4.69) is 15.3 Å². The summed E-state index contributed by atoms with van der Waals surface area (Å²) < 4.78 is 7.29. The lowest BCUT2D eigenvalue weighted by molar-refractivity contribution is -0.125. The van der Waals surface area contributed by atoms with Crippen molar-refractivity contribution >= 4 is 22.8 Å². The molecule has 1 fully saturated rings. The summed E-state index contributed by atoms with van der Waals surface area (Å²) in [6.45, 7) is 3.27. The Balaban J connectivity index is 1.86. The van der Waals surface area contributed by atoms with E-state index in [1.54, 1.807) is 6.07 Å². The van der Waals surface area contributed by atoms with E-state index < -0.39 is 36.4 Å². The van der Waals surface area contributed by atoms with Gasteiger partial charge in [-0.15, -0.1) is 0 Å². The molecule has 10 heteroatoms. The van der Waals surface area contributed by atoms with Gasteiger partial charge in [0.25, 0.3) is 0 Å². The Labute approximate surface area is 150 Å². The van der Waals surface area contributed by atoms with E-state index in [-0.39, 0.29) is 12.5 Å². The number of pyridine rings is 1. The summed E-state index contributed by atoms with van der Waals surface area (Å²) in [6.07, 6.45) is 0.183. The van der Waals surface area contributed by atoms with Crippen LogP contribution in [0, 0.1) is 5.92 Å². The number of amides is 1. The molecule has 5 atom stereocenters. The summed E-state index contributed by atoms with van der Waals surface area (Å²) in [6, 6.07) is 0.0790. The molecule has 142 valence electrons. The highest BCUT2D eigenvalue weighted by molar-refractivity contribution is 5.84. The molecule has 10 nitrogen and oxygen atoms in total. The van der Waals surface area contributed by atoms with E-state index in [1.807, 2.05) is 13.8 Å². The van der Waals surface area contributed by atoms with E-state index in [1.165, 1.54) is 17.1 Å². The van der Waals surface area contributed by atoms with Crippen LogP contribution >= 0.6 is 0 Å². The molecule has 7 N–H and O–H groups in total. The molecule has 2 unspecified atom stereocenters. The second kappa shape index (κ2) is 7.16. The van der Waals surface area contributed by atoms with Gasteiger partial charge >= 0.3 is 0 Å². The van der Waals surface area contributed by atoms with Crippen LogP contribution in [0.3, 0.4) is 0 Å². The van der Waals surface area contributed by atoms with Crippen molar-refractivity contribution in [1.82, 2.24) is 19.9 Å². The van der Waals surface area contributed by atoms with Gasteiger partial charge in [0, 0.05) is 6.20 Å². The number of hydrogen-bond donors (Lipinski definition) is 5. The van der Waals surface area contributed by atoms with Crippen LogP contribution in [-0.4, -0.2) is 61.6 Å². The maximum Gasteiger partial charge on any atom is 0.237 e. The minimum Gasteiger partial charge on any atom is -0.397 e. The third-order valence-electron chi connectivity index (χ3n) is 4.65. The summed E-state index contributed by atoms with van der Waals surface area (Å²) in [5.74, 6) is -0.479. The van der Waals surface area contributed by atoms with Crippen molar-refractivity contribution in [2.75, 3.05) is 12.3 Å². The van der Waals surface area contributed by atoms with Crippen LogP contribution in [0.4, 0.5) is 5.69 Å². The lowest BCUT2D eigenvalue weighted by Gasteiger charge is -2.24. The first-order valence-electron chi connectivity index (χ1n) is 8.42. The Morgan fingerprint density at radius 2 is 2.19 bits per heavy atom. The largest absolute Gasteiger partial charge is 0.397 e. The number of anilines is 1. The summed E-state index contributed by atoms with van der Waals surface area (Å²) >= 11 is 0. The van der Waals surface area contributed by atoms with Crippen molar-refractivity contribution in [3.8, 4) is 0 Å². The quantitative estimate of drug-likeness (QED) is 0.439. The SMILES string of the molecule is CC(C)C(N)C(=O)N[C@@H]1C(O)[C@H](n2cnc3c(N)ccnc32)O[C@@H]1CO. The van der Waals surface area contributed by atoms with Crippen molar-refractivity contribution < 1.29 is 19.7 Å². The van der Waals surface area contributed by atoms with E-state index in [4.69, 9.17) is 16.2 Å². The summed E-state index contributed by atoms with van der Waals surface area (Å²) in [4.78, 5) is 20.7. The predicted octanol–water partition coefficient (Wildman–Crippen LogP) is -1.27. The number of aromatic nitrogens is 3. The molecule has 1 amide bonds. The lowest BCUT2D eigenvalue weighted by Crippen LogP contribution is -2.54. The smallest absolute Gasteiger partial charge is 0.237 e. The molecule has 0 aliphatic carbocycles.